The number of nitrogens with zero attached hydrogens (tertiary/aromatic N) is 1. The monoisotopic (exact) mass is 285 g/mol. The molecule has 0 saturated heterocycles. The highest BCUT2D eigenvalue weighted by molar-refractivity contribution is 5.32. The van der Waals surface area contributed by atoms with E-state index >= 15 is 0 Å². The molecule has 116 valence electrons. The zero-order chi connectivity index (χ0) is 14.5. The summed E-state index contributed by atoms with van der Waals surface area (Å²) in [6.07, 6.45) is 22.0. The van der Waals surface area contributed by atoms with Crippen molar-refractivity contribution in [3.8, 4) is 0 Å². The van der Waals surface area contributed by atoms with Gasteiger partial charge in [0.25, 0.3) is 0 Å². The molecule has 3 rings (SSSR count). The van der Waals surface area contributed by atoms with Crippen LogP contribution in [0.3, 0.4) is 0 Å². The van der Waals surface area contributed by atoms with Gasteiger partial charge in [-0.3, -0.25) is 0 Å². The Morgan fingerprint density at radius 3 is 2.57 bits per heavy atom. The van der Waals surface area contributed by atoms with Crippen LogP contribution in [0.1, 0.15) is 64.7 Å². The van der Waals surface area contributed by atoms with Gasteiger partial charge in [-0.25, -0.2) is 0 Å². The van der Waals surface area contributed by atoms with Gasteiger partial charge in [0.05, 0.1) is 0 Å². The standard InChI is InChI=1S/C20H31N/c1-2-3-15-21(16-19-11-12-19)20-6-4-5-17(13-14-20)7-8-18-9-10-18/h5-6,13-14,18-19H,2-4,7-12,15-16H2,1H3. The van der Waals surface area contributed by atoms with E-state index in [4.69, 9.17) is 0 Å². The molecule has 0 spiro atoms. The van der Waals surface area contributed by atoms with E-state index in [2.05, 4.69) is 36.1 Å². The van der Waals surface area contributed by atoms with Crippen molar-refractivity contribution in [3.63, 3.8) is 0 Å². The smallest absolute Gasteiger partial charge is 0.0328 e. The van der Waals surface area contributed by atoms with Crippen molar-refractivity contribution >= 4 is 0 Å². The van der Waals surface area contributed by atoms with Crippen LogP contribution in [0, 0.1) is 11.8 Å². The second-order valence-corrected chi connectivity index (χ2v) is 7.20. The summed E-state index contributed by atoms with van der Waals surface area (Å²) in [5.41, 5.74) is 3.04. The van der Waals surface area contributed by atoms with Crippen LogP contribution in [0.5, 0.6) is 0 Å². The number of hydrogen-bond acceptors (Lipinski definition) is 1. The number of allylic oxidation sites excluding steroid dienone is 5. The Morgan fingerprint density at radius 1 is 1.05 bits per heavy atom. The van der Waals surface area contributed by atoms with Crippen molar-refractivity contribution in [1.82, 2.24) is 4.90 Å². The Kier molecular flexibility index (Phi) is 5.22. The Morgan fingerprint density at radius 2 is 1.86 bits per heavy atom. The Labute approximate surface area is 130 Å². The fraction of sp³-hybridized carbons (Fsp3) is 0.700. The topological polar surface area (TPSA) is 3.24 Å². The molecule has 0 aromatic heterocycles. The Balaban J connectivity index is 1.54. The molecular formula is C20H31N. The zero-order valence-electron chi connectivity index (χ0n) is 13.7. The minimum Gasteiger partial charge on any atom is -0.372 e. The molecule has 0 aliphatic heterocycles. The van der Waals surface area contributed by atoms with Crippen LogP contribution in [0.2, 0.25) is 0 Å². The summed E-state index contributed by atoms with van der Waals surface area (Å²) in [6, 6.07) is 0. The first-order valence-corrected chi connectivity index (χ1v) is 9.17. The average Bonchev–Trinajstić information content (AvgIpc) is 3.37. The second kappa shape index (κ2) is 7.33. The first kappa shape index (κ1) is 14.9. The highest BCUT2D eigenvalue weighted by atomic mass is 15.1. The quantitative estimate of drug-likeness (QED) is 0.544. The van der Waals surface area contributed by atoms with Gasteiger partial charge in [-0.2, -0.15) is 0 Å². The lowest BCUT2D eigenvalue weighted by Crippen LogP contribution is -2.25. The molecular weight excluding hydrogens is 254 g/mol. The molecule has 0 atom stereocenters. The minimum absolute atomic E-state index is 0.974. The van der Waals surface area contributed by atoms with Crippen LogP contribution in [-0.2, 0) is 0 Å². The van der Waals surface area contributed by atoms with E-state index in [0.29, 0.717) is 0 Å². The van der Waals surface area contributed by atoms with Crippen molar-refractivity contribution < 1.29 is 0 Å². The molecule has 21 heavy (non-hydrogen) atoms. The fourth-order valence-corrected chi connectivity index (χ4v) is 3.14. The summed E-state index contributed by atoms with van der Waals surface area (Å²) in [4.78, 5) is 2.65. The average molecular weight is 285 g/mol. The highest BCUT2D eigenvalue weighted by Crippen LogP contribution is 2.35. The van der Waals surface area contributed by atoms with Crippen molar-refractivity contribution in [1.29, 1.82) is 0 Å². The molecule has 3 aliphatic rings. The molecule has 0 bridgehead atoms. The van der Waals surface area contributed by atoms with Crippen molar-refractivity contribution in [2.75, 3.05) is 13.1 Å². The molecule has 0 heterocycles. The van der Waals surface area contributed by atoms with E-state index in [0.717, 1.165) is 18.3 Å². The van der Waals surface area contributed by atoms with Gasteiger partial charge in [0.1, 0.15) is 0 Å². The van der Waals surface area contributed by atoms with Gasteiger partial charge in [-0.05, 0) is 56.4 Å². The molecule has 0 unspecified atom stereocenters. The third-order valence-electron chi connectivity index (χ3n) is 5.04. The molecule has 0 N–H and O–H groups in total. The fourth-order valence-electron chi connectivity index (χ4n) is 3.14. The first-order chi connectivity index (χ1) is 10.3. The lowest BCUT2D eigenvalue weighted by molar-refractivity contribution is 0.332. The van der Waals surface area contributed by atoms with Crippen molar-refractivity contribution in [3.05, 3.63) is 35.6 Å². The maximum absolute atomic E-state index is 2.65. The lowest BCUT2D eigenvalue weighted by atomic mass is 10.1. The van der Waals surface area contributed by atoms with E-state index in [1.807, 2.05) is 0 Å². The summed E-state index contributed by atoms with van der Waals surface area (Å²) in [6.45, 7) is 4.82. The number of hydrogen-bond donors (Lipinski definition) is 0. The van der Waals surface area contributed by atoms with Crippen LogP contribution >= 0.6 is 0 Å². The Hall–Kier alpha value is -0.980. The van der Waals surface area contributed by atoms with E-state index in [1.165, 1.54) is 70.2 Å². The van der Waals surface area contributed by atoms with E-state index in [9.17, 15) is 0 Å². The van der Waals surface area contributed by atoms with Gasteiger partial charge in [0, 0.05) is 18.8 Å². The maximum atomic E-state index is 2.65. The molecule has 1 heteroatoms. The van der Waals surface area contributed by atoms with E-state index in [1.54, 1.807) is 5.57 Å². The predicted molar refractivity (Wildman–Crippen MR) is 91.1 cm³/mol. The largest absolute Gasteiger partial charge is 0.372 e. The summed E-state index contributed by atoms with van der Waals surface area (Å²) in [5.74, 6) is 2.02. The summed E-state index contributed by atoms with van der Waals surface area (Å²) in [5, 5.41) is 0. The summed E-state index contributed by atoms with van der Waals surface area (Å²) >= 11 is 0. The van der Waals surface area contributed by atoms with Gasteiger partial charge in [0.2, 0.25) is 0 Å². The minimum atomic E-state index is 0.974. The van der Waals surface area contributed by atoms with Crippen LogP contribution in [-0.4, -0.2) is 18.0 Å². The summed E-state index contributed by atoms with van der Waals surface area (Å²) in [7, 11) is 0. The van der Waals surface area contributed by atoms with Gasteiger partial charge in [-0.15, -0.1) is 0 Å². The zero-order valence-corrected chi connectivity index (χ0v) is 13.7. The van der Waals surface area contributed by atoms with Crippen molar-refractivity contribution in [2.45, 2.75) is 64.7 Å². The van der Waals surface area contributed by atoms with Gasteiger partial charge >= 0.3 is 0 Å². The third-order valence-corrected chi connectivity index (χ3v) is 5.04. The number of rotatable bonds is 9. The van der Waals surface area contributed by atoms with Gasteiger partial charge in [0.15, 0.2) is 0 Å². The molecule has 0 aromatic carbocycles. The van der Waals surface area contributed by atoms with Gasteiger partial charge in [-0.1, -0.05) is 50.0 Å². The van der Waals surface area contributed by atoms with E-state index < -0.39 is 0 Å². The molecule has 2 saturated carbocycles. The highest BCUT2D eigenvalue weighted by Gasteiger charge is 2.25. The number of unbranched alkanes of at least 4 members (excludes halogenated alkanes) is 1. The first-order valence-electron chi connectivity index (χ1n) is 9.17. The van der Waals surface area contributed by atoms with Crippen LogP contribution < -0.4 is 0 Å². The predicted octanol–water partition coefficient (Wildman–Crippen LogP) is 5.46. The van der Waals surface area contributed by atoms with Crippen LogP contribution in [0.25, 0.3) is 0 Å². The van der Waals surface area contributed by atoms with Crippen molar-refractivity contribution in [2.24, 2.45) is 11.8 Å². The van der Waals surface area contributed by atoms with E-state index in [-0.39, 0.29) is 0 Å². The maximum Gasteiger partial charge on any atom is 0.0328 e. The van der Waals surface area contributed by atoms with Crippen LogP contribution in [0.4, 0.5) is 0 Å². The third kappa shape index (κ3) is 5.05. The molecule has 0 amide bonds. The summed E-state index contributed by atoms with van der Waals surface area (Å²) < 4.78 is 0. The Bertz CT molecular complexity index is 421. The normalized spacial score (nSPS) is 21.8. The van der Waals surface area contributed by atoms with Crippen LogP contribution in [0.15, 0.2) is 35.6 Å². The molecule has 3 aliphatic carbocycles. The molecule has 0 radical (unpaired) electrons. The lowest BCUT2D eigenvalue weighted by Gasteiger charge is -2.25. The molecule has 1 nitrogen and oxygen atoms in total. The molecule has 2 fully saturated rings. The second-order valence-electron chi connectivity index (χ2n) is 7.20. The SMILES string of the molecule is CCCCN(CC1CC1)C1=CCC=C(CCC2CC2)C=C1. The van der Waals surface area contributed by atoms with Gasteiger partial charge < -0.3 is 4.90 Å². The molecule has 0 aromatic rings.